The van der Waals surface area contributed by atoms with E-state index < -0.39 is 21.3 Å². The number of fused-ring (bicyclic) bond motifs is 1. The molecule has 7 nitrogen and oxygen atoms in total. The van der Waals surface area contributed by atoms with E-state index in [2.05, 4.69) is 4.98 Å². The van der Waals surface area contributed by atoms with Crippen LogP contribution >= 0.6 is 11.3 Å². The van der Waals surface area contributed by atoms with Crippen molar-refractivity contribution in [1.82, 2.24) is 14.3 Å². The molecule has 0 saturated carbocycles. The molecule has 0 radical (unpaired) electrons. The van der Waals surface area contributed by atoms with E-state index >= 15 is 0 Å². The van der Waals surface area contributed by atoms with Crippen molar-refractivity contribution in [2.75, 3.05) is 18.1 Å². The van der Waals surface area contributed by atoms with E-state index in [1.165, 1.54) is 21.9 Å². The lowest BCUT2D eigenvalue weighted by atomic mass is 10.1. The molecular formula is C22H25N3O4S2. The number of thiazole rings is 1. The number of carbonyl (C=O) groups excluding carboxylic acids is 1. The van der Waals surface area contributed by atoms with Gasteiger partial charge in [-0.2, -0.15) is 0 Å². The molecule has 0 bridgehead atoms. The Morgan fingerprint density at radius 2 is 2.06 bits per heavy atom. The molecule has 31 heavy (non-hydrogen) atoms. The number of nitrogens with zero attached hydrogens (tertiary/aromatic N) is 3. The summed E-state index contributed by atoms with van der Waals surface area (Å²) in [6.45, 7) is 2.44. The molecule has 1 amide bonds. The highest BCUT2D eigenvalue weighted by Gasteiger charge is 2.35. The first-order chi connectivity index (χ1) is 14.9. The first-order valence-corrected chi connectivity index (χ1v) is 13.1. The van der Waals surface area contributed by atoms with Crippen molar-refractivity contribution in [2.24, 2.45) is 0 Å². The van der Waals surface area contributed by atoms with Gasteiger partial charge in [0.2, 0.25) is 0 Å². The summed E-state index contributed by atoms with van der Waals surface area (Å²) in [5, 5.41) is 0. The molecule has 3 heterocycles. The van der Waals surface area contributed by atoms with Gasteiger partial charge in [-0.1, -0.05) is 43.7 Å². The van der Waals surface area contributed by atoms with Crippen LogP contribution in [0.3, 0.4) is 0 Å². The van der Waals surface area contributed by atoms with E-state index in [-0.39, 0.29) is 23.1 Å². The Bertz CT molecular complexity index is 1250. The van der Waals surface area contributed by atoms with Crippen molar-refractivity contribution < 1.29 is 13.2 Å². The monoisotopic (exact) mass is 459 g/mol. The van der Waals surface area contributed by atoms with E-state index in [1.54, 1.807) is 11.1 Å². The average molecular weight is 460 g/mol. The topological polar surface area (TPSA) is 88.8 Å². The van der Waals surface area contributed by atoms with Gasteiger partial charge < -0.3 is 4.90 Å². The molecule has 1 unspecified atom stereocenters. The minimum atomic E-state index is -3.14. The Hall–Kier alpha value is -2.52. The van der Waals surface area contributed by atoms with Crippen LogP contribution in [0.1, 0.15) is 47.0 Å². The first kappa shape index (κ1) is 21.7. The van der Waals surface area contributed by atoms with Crippen molar-refractivity contribution in [2.45, 2.75) is 38.6 Å². The van der Waals surface area contributed by atoms with Crippen molar-refractivity contribution >= 4 is 32.0 Å². The van der Waals surface area contributed by atoms with E-state index in [0.29, 0.717) is 24.3 Å². The first-order valence-electron chi connectivity index (χ1n) is 10.4. The van der Waals surface area contributed by atoms with Gasteiger partial charge in [0.05, 0.1) is 11.5 Å². The summed E-state index contributed by atoms with van der Waals surface area (Å²) in [5.41, 5.74) is 0.710. The van der Waals surface area contributed by atoms with Gasteiger partial charge in [0, 0.05) is 36.3 Å². The van der Waals surface area contributed by atoms with Crippen LogP contribution in [0.2, 0.25) is 0 Å². The summed E-state index contributed by atoms with van der Waals surface area (Å²) in [6.07, 6.45) is 5.79. The van der Waals surface area contributed by atoms with E-state index in [1.807, 2.05) is 37.3 Å². The van der Waals surface area contributed by atoms with Crippen LogP contribution in [0.4, 0.5) is 0 Å². The van der Waals surface area contributed by atoms with Gasteiger partial charge >= 0.3 is 0 Å². The van der Waals surface area contributed by atoms with Gasteiger partial charge in [-0.15, -0.1) is 11.3 Å². The Morgan fingerprint density at radius 1 is 1.29 bits per heavy atom. The summed E-state index contributed by atoms with van der Waals surface area (Å²) in [6, 6.07) is 9.56. The molecule has 1 atom stereocenters. The van der Waals surface area contributed by atoms with Crippen molar-refractivity contribution in [1.29, 1.82) is 0 Å². The van der Waals surface area contributed by atoms with Gasteiger partial charge in [0.15, 0.2) is 14.8 Å². The van der Waals surface area contributed by atoms with Gasteiger partial charge in [0.25, 0.3) is 11.5 Å². The lowest BCUT2D eigenvalue weighted by Crippen LogP contribution is -2.44. The summed E-state index contributed by atoms with van der Waals surface area (Å²) in [5.74, 6) is -0.394. The van der Waals surface area contributed by atoms with Crippen LogP contribution < -0.4 is 5.56 Å². The fourth-order valence-electron chi connectivity index (χ4n) is 3.91. The van der Waals surface area contributed by atoms with E-state index in [9.17, 15) is 18.0 Å². The number of benzene rings is 1. The van der Waals surface area contributed by atoms with Crippen LogP contribution in [0.15, 0.2) is 47.5 Å². The highest BCUT2D eigenvalue weighted by molar-refractivity contribution is 7.91. The molecule has 1 fully saturated rings. The smallest absolute Gasteiger partial charge is 0.271 e. The third kappa shape index (κ3) is 4.72. The number of amides is 1. The molecule has 1 aliphatic heterocycles. The van der Waals surface area contributed by atoms with Gasteiger partial charge in [-0.05, 0) is 18.4 Å². The second-order valence-corrected chi connectivity index (χ2v) is 11.2. The highest BCUT2D eigenvalue weighted by atomic mass is 32.2. The molecule has 1 aromatic carbocycles. The van der Waals surface area contributed by atoms with Crippen LogP contribution in [0.5, 0.6) is 0 Å². The Morgan fingerprint density at radius 3 is 2.74 bits per heavy atom. The molecule has 0 spiro atoms. The van der Waals surface area contributed by atoms with Gasteiger partial charge in [-0.25, -0.2) is 13.4 Å². The molecule has 164 valence electrons. The maximum atomic E-state index is 13.3. The van der Waals surface area contributed by atoms with Crippen molar-refractivity contribution in [3.8, 4) is 0 Å². The lowest BCUT2D eigenvalue weighted by molar-refractivity contribution is 0.0691. The van der Waals surface area contributed by atoms with Crippen LogP contribution in [-0.4, -0.2) is 52.7 Å². The predicted molar refractivity (Wildman–Crippen MR) is 122 cm³/mol. The van der Waals surface area contributed by atoms with Gasteiger partial charge in [0.1, 0.15) is 5.56 Å². The Labute approximate surface area is 185 Å². The third-order valence-corrected chi connectivity index (χ3v) is 8.32. The highest BCUT2D eigenvalue weighted by Crippen LogP contribution is 2.22. The standard InChI is InChI=1S/C22H25N3O4S2/c1-2-3-10-24(17-9-11-31(28,29)15-17)20(26)19-13-23-22-25(21(19)27)14-18(30-22)12-16-7-5-4-6-8-16/h4-8,13-14,17H,2-3,9-12,15H2,1H3. The fraction of sp³-hybridized carbons (Fsp3) is 0.409. The molecule has 1 aliphatic rings. The SMILES string of the molecule is CCCCN(C(=O)c1cnc2sc(Cc3ccccc3)cn2c1=O)C1CCS(=O)(=O)C1. The zero-order chi connectivity index (χ0) is 22.0. The maximum Gasteiger partial charge on any atom is 0.271 e. The predicted octanol–water partition coefficient (Wildman–Crippen LogP) is 2.78. The molecule has 0 aliphatic carbocycles. The van der Waals surface area contributed by atoms with Crippen LogP contribution in [0.25, 0.3) is 4.96 Å². The molecule has 0 N–H and O–H groups in total. The number of hydrogen-bond donors (Lipinski definition) is 0. The number of sulfone groups is 1. The second kappa shape index (κ2) is 8.92. The normalized spacial score (nSPS) is 17.8. The number of carbonyl (C=O) groups is 1. The number of unbranched alkanes of at least 4 members (excludes halogenated alkanes) is 1. The summed E-state index contributed by atoms with van der Waals surface area (Å²) in [4.78, 5) is 33.9. The quantitative estimate of drug-likeness (QED) is 0.542. The molecular weight excluding hydrogens is 434 g/mol. The van der Waals surface area contributed by atoms with Gasteiger partial charge in [-0.3, -0.25) is 14.0 Å². The fourth-order valence-corrected chi connectivity index (χ4v) is 6.61. The van der Waals surface area contributed by atoms with Crippen molar-refractivity contribution in [3.63, 3.8) is 0 Å². The molecule has 2 aromatic heterocycles. The van der Waals surface area contributed by atoms with E-state index in [0.717, 1.165) is 23.3 Å². The molecule has 1 saturated heterocycles. The largest absolute Gasteiger partial charge is 0.334 e. The summed E-state index contributed by atoms with van der Waals surface area (Å²) in [7, 11) is -3.14. The minimum absolute atomic E-state index is 0.0121. The number of hydrogen-bond acceptors (Lipinski definition) is 6. The molecule has 9 heteroatoms. The zero-order valence-corrected chi connectivity index (χ0v) is 19.0. The second-order valence-electron chi connectivity index (χ2n) is 7.90. The number of rotatable bonds is 7. The molecule has 3 aromatic rings. The van der Waals surface area contributed by atoms with Crippen LogP contribution in [0, 0.1) is 0 Å². The average Bonchev–Trinajstić information content (AvgIpc) is 3.32. The maximum absolute atomic E-state index is 13.3. The zero-order valence-electron chi connectivity index (χ0n) is 17.4. The minimum Gasteiger partial charge on any atom is -0.334 e. The third-order valence-electron chi connectivity index (χ3n) is 5.57. The Balaban J connectivity index is 1.64. The summed E-state index contributed by atoms with van der Waals surface area (Å²) >= 11 is 1.42. The lowest BCUT2D eigenvalue weighted by Gasteiger charge is -2.28. The van der Waals surface area contributed by atoms with Crippen LogP contribution in [-0.2, 0) is 16.3 Å². The number of aromatic nitrogens is 2. The van der Waals surface area contributed by atoms with E-state index in [4.69, 9.17) is 0 Å². The summed E-state index contributed by atoms with van der Waals surface area (Å²) < 4.78 is 25.3. The Kier molecular flexibility index (Phi) is 6.24. The molecule has 4 rings (SSSR count). The van der Waals surface area contributed by atoms with Crippen molar-refractivity contribution in [3.05, 3.63) is 69.1 Å².